The number of carbonyl (C=O) groups is 1. The van der Waals surface area contributed by atoms with Gasteiger partial charge in [-0.05, 0) is 12.1 Å². The van der Waals surface area contributed by atoms with Crippen LogP contribution in [0.25, 0.3) is 11.0 Å². The standard InChI is InChI=1S/C18H22N6O/c1-23-10-9-20-18(23)15-12-19-8-11-24(15)17(25)7-6-16-21-13-4-2-3-5-14(13)22-16/h2-5,9-10,15,19H,6-8,11-12H2,1H3,(H,21,22). The Bertz CT molecular complexity index is 849. The number of hydrogen-bond donors (Lipinski definition) is 2. The summed E-state index contributed by atoms with van der Waals surface area (Å²) >= 11 is 0. The van der Waals surface area contributed by atoms with Crippen LogP contribution in [0.1, 0.15) is 24.1 Å². The van der Waals surface area contributed by atoms with Crippen molar-refractivity contribution in [2.45, 2.75) is 18.9 Å². The van der Waals surface area contributed by atoms with Gasteiger partial charge in [0.1, 0.15) is 17.7 Å². The van der Waals surface area contributed by atoms with Crippen molar-refractivity contribution >= 4 is 16.9 Å². The predicted octanol–water partition coefficient (Wildman–Crippen LogP) is 1.40. The first-order chi connectivity index (χ1) is 12.2. The van der Waals surface area contributed by atoms with Gasteiger partial charge in [0.05, 0.1) is 11.0 Å². The van der Waals surface area contributed by atoms with Gasteiger partial charge in [-0.1, -0.05) is 12.1 Å². The lowest BCUT2D eigenvalue weighted by molar-refractivity contribution is -0.134. The SMILES string of the molecule is Cn1ccnc1C1CNCCN1C(=O)CCc1nc2ccccc2[nH]1. The van der Waals surface area contributed by atoms with E-state index in [-0.39, 0.29) is 11.9 Å². The summed E-state index contributed by atoms with van der Waals surface area (Å²) in [6, 6.07) is 7.91. The first-order valence-corrected chi connectivity index (χ1v) is 8.63. The van der Waals surface area contributed by atoms with Crippen LogP contribution < -0.4 is 5.32 Å². The molecule has 25 heavy (non-hydrogen) atoms. The van der Waals surface area contributed by atoms with E-state index in [1.807, 2.05) is 47.0 Å². The van der Waals surface area contributed by atoms with Crippen LogP contribution in [0.5, 0.6) is 0 Å². The molecule has 0 bridgehead atoms. The van der Waals surface area contributed by atoms with Crippen molar-refractivity contribution in [3.63, 3.8) is 0 Å². The molecule has 1 aliphatic rings. The van der Waals surface area contributed by atoms with Crippen molar-refractivity contribution < 1.29 is 4.79 Å². The Balaban J connectivity index is 1.46. The number of piperazine rings is 1. The fourth-order valence-corrected chi connectivity index (χ4v) is 3.42. The van der Waals surface area contributed by atoms with Gasteiger partial charge in [0.2, 0.25) is 5.91 Å². The minimum atomic E-state index is -0.0167. The van der Waals surface area contributed by atoms with Crippen molar-refractivity contribution in [3.05, 3.63) is 48.3 Å². The van der Waals surface area contributed by atoms with E-state index < -0.39 is 0 Å². The predicted molar refractivity (Wildman–Crippen MR) is 94.9 cm³/mol. The number of benzene rings is 1. The van der Waals surface area contributed by atoms with Crippen LogP contribution in [0.3, 0.4) is 0 Å². The number of H-pyrrole nitrogens is 1. The summed E-state index contributed by atoms with van der Waals surface area (Å²) < 4.78 is 1.98. The molecule has 1 atom stereocenters. The normalized spacial score (nSPS) is 18.0. The molecule has 3 aromatic rings. The number of nitrogens with zero attached hydrogens (tertiary/aromatic N) is 4. The third kappa shape index (κ3) is 3.15. The Morgan fingerprint density at radius 2 is 2.24 bits per heavy atom. The highest BCUT2D eigenvalue weighted by molar-refractivity contribution is 5.78. The van der Waals surface area contributed by atoms with E-state index in [2.05, 4.69) is 20.3 Å². The Morgan fingerprint density at radius 3 is 3.04 bits per heavy atom. The van der Waals surface area contributed by atoms with E-state index >= 15 is 0 Å². The van der Waals surface area contributed by atoms with E-state index in [0.717, 1.165) is 35.8 Å². The average molecular weight is 338 g/mol. The van der Waals surface area contributed by atoms with E-state index in [9.17, 15) is 4.79 Å². The summed E-state index contributed by atoms with van der Waals surface area (Å²) in [5.41, 5.74) is 1.95. The van der Waals surface area contributed by atoms with Gasteiger partial charge in [-0.25, -0.2) is 9.97 Å². The molecule has 0 aliphatic carbocycles. The average Bonchev–Trinajstić information content (AvgIpc) is 3.25. The molecule has 2 aromatic heterocycles. The molecule has 0 spiro atoms. The molecular weight excluding hydrogens is 316 g/mol. The molecule has 2 N–H and O–H groups in total. The zero-order valence-corrected chi connectivity index (χ0v) is 14.3. The van der Waals surface area contributed by atoms with Crippen molar-refractivity contribution in [1.82, 2.24) is 29.7 Å². The van der Waals surface area contributed by atoms with Crippen molar-refractivity contribution in [1.29, 1.82) is 0 Å². The number of amides is 1. The molecule has 3 heterocycles. The fraction of sp³-hybridized carbons (Fsp3) is 0.389. The van der Waals surface area contributed by atoms with Gasteiger partial charge < -0.3 is 19.8 Å². The summed E-state index contributed by atoms with van der Waals surface area (Å²) in [6.45, 7) is 2.26. The summed E-state index contributed by atoms with van der Waals surface area (Å²) in [5, 5.41) is 3.36. The molecule has 1 aromatic carbocycles. The molecule has 1 unspecified atom stereocenters. The number of imidazole rings is 2. The number of carbonyl (C=O) groups excluding carboxylic acids is 1. The number of aryl methyl sites for hydroxylation is 2. The molecule has 4 rings (SSSR count). The van der Waals surface area contributed by atoms with Crippen molar-refractivity contribution in [3.8, 4) is 0 Å². The third-order valence-corrected chi connectivity index (χ3v) is 4.73. The van der Waals surface area contributed by atoms with Gasteiger partial charge in [0, 0.05) is 51.9 Å². The third-order valence-electron chi connectivity index (χ3n) is 4.73. The van der Waals surface area contributed by atoms with Gasteiger partial charge in [-0.2, -0.15) is 0 Å². The second-order valence-electron chi connectivity index (χ2n) is 6.40. The smallest absolute Gasteiger partial charge is 0.223 e. The largest absolute Gasteiger partial charge is 0.342 e. The molecule has 1 amide bonds. The van der Waals surface area contributed by atoms with E-state index in [1.54, 1.807) is 6.20 Å². The zero-order valence-electron chi connectivity index (χ0n) is 14.3. The summed E-state index contributed by atoms with van der Waals surface area (Å²) in [7, 11) is 1.97. The Labute approximate surface area is 146 Å². The molecule has 0 radical (unpaired) electrons. The number of aromatic amines is 1. The number of nitrogens with one attached hydrogen (secondary N) is 2. The highest BCUT2D eigenvalue weighted by atomic mass is 16.2. The van der Waals surface area contributed by atoms with Gasteiger partial charge in [0.25, 0.3) is 0 Å². The molecule has 130 valence electrons. The molecule has 1 saturated heterocycles. The number of aromatic nitrogens is 4. The Morgan fingerprint density at radius 1 is 1.36 bits per heavy atom. The highest BCUT2D eigenvalue weighted by Crippen LogP contribution is 2.22. The maximum Gasteiger partial charge on any atom is 0.223 e. The van der Waals surface area contributed by atoms with Crippen LogP contribution in [0.15, 0.2) is 36.7 Å². The van der Waals surface area contributed by atoms with Crippen LogP contribution in [0, 0.1) is 0 Å². The van der Waals surface area contributed by atoms with E-state index in [1.165, 1.54) is 0 Å². The first-order valence-electron chi connectivity index (χ1n) is 8.63. The second-order valence-corrected chi connectivity index (χ2v) is 6.40. The van der Waals surface area contributed by atoms with E-state index in [0.29, 0.717) is 19.4 Å². The number of para-hydroxylation sites is 2. The second kappa shape index (κ2) is 6.68. The van der Waals surface area contributed by atoms with Gasteiger partial charge in [0.15, 0.2) is 0 Å². The van der Waals surface area contributed by atoms with Gasteiger partial charge in [-0.3, -0.25) is 4.79 Å². The fourth-order valence-electron chi connectivity index (χ4n) is 3.42. The molecule has 7 heteroatoms. The molecule has 7 nitrogen and oxygen atoms in total. The maximum absolute atomic E-state index is 12.8. The topological polar surface area (TPSA) is 78.8 Å². The lowest BCUT2D eigenvalue weighted by Gasteiger charge is -2.35. The Hall–Kier alpha value is -2.67. The minimum absolute atomic E-state index is 0.0167. The molecular formula is C18H22N6O. The summed E-state index contributed by atoms with van der Waals surface area (Å²) in [6.07, 6.45) is 4.76. The van der Waals surface area contributed by atoms with Crippen LogP contribution in [-0.4, -0.2) is 50.0 Å². The van der Waals surface area contributed by atoms with E-state index in [4.69, 9.17) is 0 Å². The van der Waals surface area contributed by atoms with Crippen LogP contribution >= 0.6 is 0 Å². The number of fused-ring (bicyclic) bond motifs is 1. The van der Waals surface area contributed by atoms with Crippen LogP contribution in [0.4, 0.5) is 0 Å². The molecule has 1 aliphatic heterocycles. The van der Waals surface area contributed by atoms with Gasteiger partial charge in [-0.15, -0.1) is 0 Å². The maximum atomic E-state index is 12.8. The lowest BCUT2D eigenvalue weighted by atomic mass is 10.1. The zero-order chi connectivity index (χ0) is 17.2. The van der Waals surface area contributed by atoms with Crippen molar-refractivity contribution in [2.24, 2.45) is 7.05 Å². The lowest BCUT2D eigenvalue weighted by Crippen LogP contribution is -2.49. The number of hydrogen-bond acceptors (Lipinski definition) is 4. The van der Waals surface area contributed by atoms with Gasteiger partial charge >= 0.3 is 0 Å². The molecule has 1 fully saturated rings. The monoisotopic (exact) mass is 338 g/mol. The number of rotatable bonds is 4. The summed E-state index contributed by atoms with van der Waals surface area (Å²) in [5.74, 6) is 1.93. The summed E-state index contributed by atoms with van der Waals surface area (Å²) in [4.78, 5) is 27.0. The van der Waals surface area contributed by atoms with Crippen LogP contribution in [-0.2, 0) is 18.3 Å². The Kier molecular flexibility index (Phi) is 4.23. The first kappa shape index (κ1) is 15.8. The quantitative estimate of drug-likeness (QED) is 0.754. The highest BCUT2D eigenvalue weighted by Gasteiger charge is 2.30. The van der Waals surface area contributed by atoms with Crippen molar-refractivity contribution in [2.75, 3.05) is 19.6 Å². The minimum Gasteiger partial charge on any atom is -0.342 e. The molecule has 0 saturated carbocycles. The van der Waals surface area contributed by atoms with Crippen LogP contribution in [0.2, 0.25) is 0 Å².